The van der Waals surface area contributed by atoms with Gasteiger partial charge in [-0.25, -0.2) is 4.79 Å². The predicted molar refractivity (Wildman–Crippen MR) is 54.5 cm³/mol. The van der Waals surface area contributed by atoms with E-state index in [4.69, 9.17) is 5.73 Å². The largest absolute Gasteiger partial charge is 0.336 e. The molecule has 0 aliphatic carbocycles. The van der Waals surface area contributed by atoms with Crippen molar-refractivity contribution in [2.24, 2.45) is 11.7 Å². The molecule has 0 saturated carbocycles. The van der Waals surface area contributed by atoms with Gasteiger partial charge in [0.2, 0.25) is 0 Å². The Morgan fingerprint density at radius 1 is 1.46 bits per heavy atom. The highest BCUT2D eigenvalue weighted by molar-refractivity contribution is 5.73. The van der Waals surface area contributed by atoms with Gasteiger partial charge in [-0.3, -0.25) is 0 Å². The smallest absolute Gasteiger partial charge is 0.316 e. The lowest BCUT2D eigenvalue weighted by atomic mass is 10.0. The second-order valence-electron chi connectivity index (χ2n) is 3.97. The van der Waals surface area contributed by atoms with Crippen LogP contribution in [0.15, 0.2) is 0 Å². The topological polar surface area (TPSA) is 58.4 Å². The van der Waals surface area contributed by atoms with Crippen molar-refractivity contribution in [1.82, 2.24) is 10.2 Å². The van der Waals surface area contributed by atoms with Crippen LogP contribution in [0.5, 0.6) is 0 Å². The Morgan fingerprint density at radius 3 is 2.38 bits per heavy atom. The minimum absolute atomic E-state index is 0.0592. The number of hydrogen-bond donors (Lipinski definition) is 2. The summed E-state index contributed by atoms with van der Waals surface area (Å²) in [5.74, 6) is 0.575. The zero-order valence-electron chi connectivity index (χ0n) is 9.00. The molecule has 0 aromatic rings. The SMILES string of the molecule is CC(C)CC(N)CNC(=O)N(C)C. The molecule has 1 atom stereocenters. The number of hydrogen-bond acceptors (Lipinski definition) is 2. The van der Waals surface area contributed by atoms with Gasteiger partial charge < -0.3 is 16.0 Å². The summed E-state index contributed by atoms with van der Waals surface area (Å²) in [4.78, 5) is 12.6. The number of carbonyl (C=O) groups excluding carboxylic acids is 1. The first kappa shape index (κ1) is 12.2. The molecule has 0 aromatic carbocycles. The van der Waals surface area contributed by atoms with Gasteiger partial charge in [-0.15, -0.1) is 0 Å². The number of rotatable bonds is 4. The summed E-state index contributed by atoms with van der Waals surface area (Å²) in [7, 11) is 3.42. The molecule has 0 heterocycles. The number of amides is 2. The second-order valence-corrected chi connectivity index (χ2v) is 3.97. The fourth-order valence-corrected chi connectivity index (χ4v) is 1.07. The Balaban J connectivity index is 3.58. The van der Waals surface area contributed by atoms with E-state index in [1.807, 2.05) is 0 Å². The fraction of sp³-hybridized carbons (Fsp3) is 0.889. The van der Waals surface area contributed by atoms with E-state index in [0.29, 0.717) is 12.5 Å². The molecule has 78 valence electrons. The molecule has 0 spiro atoms. The molecule has 2 amide bonds. The molecule has 0 aliphatic heterocycles. The summed E-state index contributed by atoms with van der Waals surface area (Å²) in [6.07, 6.45) is 0.938. The highest BCUT2D eigenvalue weighted by Gasteiger charge is 2.08. The Labute approximate surface area is 80.5 Å². The summed E-state index contributed by atoms with van der Waals surface area (Å²) < 4.78 is 0. The Bertz CT molecular complexity index is 157. The molecule has 0 saturated heterocycles. The molecular weight excluding hydrogens is 166 g/mol. The molecule has 4 heteroatoms. The minimum Gasteiger partial charge on any atom is -0.336 e. The zero-order chi connectivity index (χ0) is 10.4. The standard InChI is InChI=1S/C9H21N3O/c1-7(2)5-8(10)6-11-9(13)12(3)4/h7-8H,5-6,10H2,1-4H3,(H,11,13). The van der Waals surface area contributed by atoms with Gasteiger partial charge in [0.15, 0.2) is 0 Å². The van der Waals surface area contributed by atoms with E-state index in [-0.39, 0.29) is 12.1 Å². The van der Waals surface area contributed by atoms with Crippen molar-refractivity contribution < 1.29 is 4.79 Å². The number of nitrogens with two attached hydrogens (primary N) is 1. The Morgan fingerprint density at radius 2 is 2.00 bits per heavy atom. The molecular formula is C9H21N3O. The molecule has 1 unspecified atom stereocenters. The third kappa shape index (κ3) is 6.40. The average molecular weight is 187 g/mol. The molecule has 0 bridgehead atoms. The normalized spacial score (nSPS) is 12.8. The van der Waals surface area contributed by atoms with Crippen molar-refractivity contribution in [2.45, 2.75) is 26.3 Å². The molecule has 0 radical (unpaired) electrons. The highest BCUT2D eigenvalue weighted by Crippen LogP contribution is 2.01. The van der Waals surface area contributed by atoms with Crippen LogP contribution in [0, 0.1) is 5.92 Å². The van der Waals surface area contributed by atoms with Crippen molar-refractivity contribution in [3.05, 3.63) is 0 Å². The lowest BCUT2D eigenvalue weighted by Crippen LogP contribution is -2.42. The van der Waals surface area contributed by atoms with E-state index in [1.54, 1.807) is 14.1 Å². The molecule has 0 aliphatic rings. The number of urea groups is 1. The molecule has 0 fully saturated rings. The minimum atomic E-state index is -0.0841. The summed E-state index contributed by atoms with van der Waals surface area (Å²) in [6, 6.07) is -0.0249. The van der Waals surface area contributed by atoms with Crippen LogP contribution < -0.4 is 11.1 Å². The molecule has 13 heavy (non-hydrogen) atoms. The highest BCUT2D eigenvalue weighted by atomic mass is 16.2. The summed E-state index contributed by atoms with van der Waals surface area (Å²) in [5.41, 5.74) is 5.79. The second kappa shape index (κ2) is 5.80. The Kier molecular flexibility index (Phi) is 5.46. The maximum atomic E-state index is 11.1. The van der Waals surface area contributed by atoms with Crippen molar-refractivity contribution in [1.29, 1.82) is 0 Å². The van der Waals surface area contributed by atoms with Crippen LogP contribution in [-0.2, 0) is 0 Å². The van der Waals surface area contributed by atoms with Gasteiger partial charge in [0.1, 0.15) is 0 Å². The van der Waals surface area contributed by atoms with E-state index >= 15 is 0 Å². The van der Waals surface area contributed by atoms with Crippen LogP contribution in [0.1, 0.15) is 20.3 Å². The van der Waals surface area contributed by atoms with E-state index in [0.717, 1.165) is 6.42 Å². The monoisotopic (exact) mass is 187 g/mol. The maximum absolute atomic E-state index is 11.1. The zero-order valence-corrected chi connectivity index (χ0v) is 9.00. The Hall–Kier alpha value is -0.770. The van der Waals surface area contributed by atoms with E-state index < -0.39 is 0 Å². The van der Waals surface area contributed by atoms with Gasteiger partial charge in [-0.05, 0) is 12.3 Å². The first-order valence-corrected chi connectivity index (χ1v) is 4.64. The number of nitrogens with zero attached hydrogens (tertiary/aromatic N) is 1. The molecule has 3 N–H and O–H groups in total. The van der Waals surface area contributed by atoms with Gasteiger partial charge >= 0.3 is 6.03 Å². The van der Waals surface area contributed by atoms with Gasteiger partial charge in [-0.2, -0.15) is 0 Å². The first-order valence-electron chi connectivity index (χ1n) is 4.64. The fourth-order valence-electron chi connectivity index (χ4n) is 1.07. The van der Waals surface area contributed by atoms with Crippen LogP contribution in [-0.4, -0.2) is 37.6 Å². The van der Waals surface area contributed by atoms with Gasteiger partial charge in [0.25, 0.3) is 0 Å². The van der Waals surface area contributed by atoms with E-state index in [2.05, 4.69) is 19.2 Å². The van der Waals surface area contributed by atoms with Gasteiger partial charge in [0.05, 0.1) is 0 Å². The molecule has 4 nitrogen and oxygen atoms in total. The van der Waals surface area contributed by atoms with Gasteiger partial charge in [0, 0.05) is 26.7 Å². The van der Waals surface area contributed by atoms with Crippen molar-refractivity contribution in [3.8, 4) is 0 Å². The van der Waals surface area contributed by atoms with Crippen LogP contribution in [0.2, 0.25) is 0 Å². The van der Waals surface area contributed by atoms with Crippen LogP contribution in [0.4, 0.5) is 4.79 Å². The van der Waals surface area contributed by atoms with Crippen LogP contribution in [0.3, 0.4) is 0 Å². The summed E-state index contributed by atoms with van der Waals surface area (Å²) in [5, 5.41) is 2.75. The van der Waals surface area contributed by atoms with Gasteiger partial charge in [-0.1, -0.05) is 13.8 Å². The predicted octanol–water partition coefficient (Wildman–Crippen LogP) is 0.631. The van der Waals surface area contributed by atoms with Crippen LogP contribution in [0.25, 0.3) is 0 Å². The first-order chi connectivity index (χ1) is 5.93. The quantitative estimate of drug-likeness (QED) is 0.678. The van der Waals surface area contributed by atoms with E-state index in [1.165, 1.54) is 4.90 Å². The van der Waals surface area contributed by atoms with E-state index in [9.17, 15) is 4.79 Å². The number of nitrogens with one attached hydrogen (secondary N) is 1. The number of carbonyl (C=O) groups is 1. The lowest BCUT2D eigenvalue weighted by Gasteiger charge is -2.17. The molecule has 0 rings (SSSR count). The third-order valence-corrected chi connectivity index (χ3v) is 1.70. The molecule has 0 aromatic heterocycles. The third-order valence-electron chi connectivity index (χ3n) is 1.70. The summed E-state index contributed by atoms with van der Waals surface area (Å²) in [6.45, 7) is 4.79. The van der Waals surface area contributed by atoms with Crippen molar-refractivity contribution in [2.75, 3.05) is 20.6 Å². The van der Waals surface area contributed by atoms with Crippen LogP contribution >= 0.6 is 0 Å². The average Bonchev–Trinajstić information content (AvgIpc) is 1.98. The lowest BCUT2D eigenvalue weighted by molar-refractivity contribution is 0.216. The summed E-state index contributed by atoms with van der Waals surface area (Å²) >= 11 is 0. The van der Waals surface area contributed by atoms with Crippen molar-refractivity contribution >= 4 is 6.03 Å². The van der Waals surface area contributed by atoms with Crippen molar-refractivity contribution in [3.63, 3.8) is 0 Å². The maximum Gasteiger partial charge on any atom is 0.316 e.